The predicted octanol–water partition coefficient (Wildman–Crippen LogP) is 7.88. The van der Waals surface area contributed by atoms with E-state index in [0.29, 0.717) is 0 Å². The quantitative estimate of drug-likeness (QED) is 0.0999. The van der Waals surface area contributed by atoms with Crippen molar-refractivity contribution in [3.63, 3.8) is 0 Å². The number of H-pyrrole nitrogens is 1. The Bertz CT molecular complexity index is 1400. The maximum Gasteiger partial charge on any atom is 0.408 e. The van der Waals surface area contributed by atoms with Crippen molar-refractivity contribution in [2.45, 2.75) is 19.1 Å². The molecular weight excluding hydrogens is 570 g/mol. The zero-order chi connectivity index (χ0) is 25.8. The number of carbonyl (C=O) groups excluding carboxylic acids is 2. The molecule has 0 radical (unpaired) electrons. The second-order valence-electron chi connectivity index (χ2n) is 7.64. The van der Waals surface area contributed by atoms with Gasteiger partial charge in [0, 0.05) is 23.5 Å². The van der Waals surface area contributed by atoms with Crippen LogP contribution < -0.4 is 10.1 Å². The summed E-state index contributed by atoms with van der Waals surface area (Å²) in [7, 11) is 0. The molecule has 0 bridgehead atoms. The number of hydrogen-bond acceptors (Lipinski definition) is 4. The van der Waals surface area contributed by atoms with E-state index in [9.17, 15) is 9.59 Å². The number of benzene rings is 3. The molecule has 2 N–H and O–H groups in total. The maximum atomic E-state index is 13.3. The van der Waals surface area contributed by atoms with Gasteiger partial charge >= 0.3 is 12.1 Å². The highest BCUT2D eigenvalue weighted by atomic mass is 35.5. The Labute approximate surface area is 231 Å². The minimum absolute atomic E-state index is 0.0155. The SMILES string of the molecule is O=C(N[C@@H](Cc1c[nH]c2ccccc12)C(=O)Oc1c(Cl)c(Cl)c(Cl)c(Cl)c1Cl)OCc1ccccc1. The summed E-state index contributed by atoms with van der Waals surface area (Å²) in [6, 6.07) is 15.5. The number of aromatic amines is 1. The summed E-state index contributed by atoms with van der Waals surface area (Å²) in [6.07, 6.45) is 1.01. The minimum Gasteiger partial charge on any atom is -0.445 e. The molecule has 0 aliphatic heterocycles. The Hall–Kier alpha value is -2.61. The molecule has 0 saturated carbocycles. The van der Waals surface area contributed by atoms with Crippen LogP contribution in [0.4, 0.5) is 4.79 Å². The summed E-state index contributed by atoms with van der Waals surface area (Å²) in [6.45, 7) is 0.0155. The van der Waals surface area contributed by atoms with Gasteiger partial charge in [0.2, 0.25) is 0 Å². The van der Waals surface area contributed by atoms with Crippen LogP contribution in [0.15, 0.2) is 60.8 Å². The average molecular weight is 587 g/mol. The summed E-state index contributed by atoms with van der Waals surface area (Å²) in [5.74, 6) is -1.14. The van der Waals surface area contributed by atoms with E-state index in [1.54, 1.807) is 6.20 Å². The van der Waals surface area contributed by atoms with Crippen LogP contribution in [0.25, 0.3) is 10.9 Å². The Morgan fingerprint density at radius 3 is 2.14 bits per heavy atom. The van der Waals surface area contributed by atoms with Crippen molar-refractivity contribution < 1.29 is 19.1 Å². The van der Waals surface area contributed by atoms with Gasteiger partial charge in [0.25, 0.3) is 0 Å². The lowest BCUT2D eigenvalue weighted by Crippen LogP contribution is -2.44. The highest BCUT2D eigenvalue weighted by Gasteiger charge is 2.29. The van der Waals surface area contributed by atoms with Crippen LogP contribution >= 0.6 is 58.0 Å². The normalized spacial score (nSPS) is 11.8. The molecule has 1 heterocycles. The molecule has 11 heteroatoms. The fourth-order valence-electron chi connectivity index (χ4n) is 3.47. The first-order valence-corrected chi connectivity index (χ1v) is 12.4. The molecule has 3 aromatic carbocycles. The van der Waals surface area contributed by atoms with Gasteiger partial charge in [-0.3, -0.25) is 0 Å². The van der Waals surface area contributed by atoms with E-state index in [1.165, 1.54) is 0 Å². The van der Waals surface area contributed by atoms with Gasteiger partial charge in [0.15, 0.2) is 5.75 Å². The maximum absolute atomic E-state index is 13.3. The van der Waals surface area contributed by atoms with Gasteiger partial charge in [-0.05, 0) is 17.2 Å². The first-order valence-electron chi connectivity index (χ1n) is 10.5. The smallest absolute Gasteiger partial charge is 0.408 e. The third-order valence-corrected chi connectivity index (χ3v) is 7.50. The van der Waals surface area contributed by atoms with E-state index in [4.69, 9.17) is 67.5 Å². The topological polar surface area (TPSA) is 80.4 Å². The molecule has 6 nitrogen and oxygen atoms in total. The number of esters is 1. The second-order valence-corrected chi connectivity index (χ2v) is 9.53. The standard InChI is InChI=1S/C25H17Cl5N2O4/c26-18-19(27)21(29)23(22(30)20(18)28)36-24(33)17(10-14-11-31-16-9-5-4-8-15(14)16)32-25(34)35-12-13-6-2-1-3-7-13/h1-9,11,17,31H,10,12H2,(H,32,34)/t17-/m0/s1. The van der Waals surface area contributed by atoms with Crippen molar-refractivity contribution in [1.29, 1.82) is 0 Å². The summed E-state index contributed by atoms with van der Waals surface area (Å²) in [4.78, 5) is 29.0. The van der Waals surface area contributed by atoms with Crippen molar-refractivity contribution in [2.75, 3.05) is 0 Å². The second kappa shape index (κ2) is 11.6. The van der Waals surface area contributed by atoms with Gasteiger partial charge in [0.05, 0.1) is 15.1 Å². The lowest BCUT2D eigenvalue weighted by molar-refractivity contribution is -0.136. The first-order chi connectivity index (χ1) is 17.3. The first kappa shape index (κ1) is 26.5. The molecule has 36 heavy (non-hydrogen) atoms. The summed E-state index contributed by atoms with van der Waals surface area (Å²) < 4.78 is 10.8. The molecule has 0 fully saturated rings. The van der Waals surface area contributed by atoms with Gasteiger partial charge < -0.3 is 19.8 Å². The van der Waals surface area contributed by atoms with E-state index < -0.39 is 18.1 Å². The molecule has 4 rings (SSSR count). The number of carbonyl (C=O) groups is 2. The molecule has 1 atom stereocenters. The molecule has 0 spiro atoms. The molecule has 1 aromatic heterocycles. The zero-order valence-electron chi connectivity index (χ0n) is 18.3. The fraction of sp³-hybridized carbons (Fsp3) is 0.120. The van der Waals surface area contributed by atoms with Crippen LogP contribution in [0.3, 0.4) is 0 Å². The van der Waals surface area contributed by atoms with Crippen LogP contribution in [0.5, 0.6) is 5.75 Å². The number of para-hydroxylation sites is 1. The van der Waals surface area contributed by atoms with Crippen molar-refractivity contribution >= 4 is 81.0 Å². The van der Waals surface area contributed by atoms with Crippen LogP contribution in [0.1, 0.15) is 11.1 Å². The molecule has 0 aliphatic rings. The van der Waals surface area contributed by atoms with Gasteiger partial charge in [-0.1, -0.05) is 107 Å². The highest BCUT2D eigenvalue weighted by molar-refractivity contribution is 6.55. The average Bonchev–Trinajstić information content (AvgIpc) is 3.30. The monoisotopic (exact) mass is 584 g/mol. The van der Waals surface area contributed by atoms with E-state index >= 15 is 0 Å². The number of ether oxygens (including phenoxy) is 2. The van der Waals surface area contributed by atoms with Gasteiger partial charge in [0.1, 0.15) is 22.7 Å². The van der Waals surface area contributed by atoms with Crippen molar-refractivity contribution in [1.82, 2.24) is 10.3 Å². The minimum atomic E-state index is -1.17. The number of alkyl carbamates (subject to hydrolysis) is 1. The lowest BCUT2D eigenvalue weighted by Gasteiger charge is -2.19. The third-order valence-electron chi connectivity index (χ3n) is 5.26. The van der Waals surface area contributed by atoms with E-state index in [2.05, 4.69) is 10.3 Å². The Morgan fingerprint density at radius 1 is 0.833 bits per heavy atom. The molecular formula is C25H17Cl5N2O4. The summed E-state index contributed by atoms with van der Waals surface area (Å²) in [5.41, 5.74) is 2.42. The van der Waals surface area contributed by atoms with Crippen molar-refractivity contribution in [3.05, 3.63) is 97.0 Å². The number of aromatic nitrogens is 1. The molecule has 186 valence electrons. The number of nitrogens with one attached hydrogen (secondary N) is 2. The molecule has 4 aromatic rings. The van der Waals surface area contributed by atoms with Crippen molar-refractivity contribution in [2.24, 2.45) is 0 Å². The van der Waals surface area contributed by atoms with Crippen LogP contribution in [0, 0.1) is 0 Å². The lowest BCUT2D eigenvalue weighted by atomic mass is 10.1. The number of rotatable bonds is 7. The molecule has 0 saturated heterocycles. The van der Waals surface area contributed by atoms with Crippen LogP contribution in [0.2, 0.25) is 25.1 Å². The van der Waals surface area contributed by atoms with Gasteiger partial charge in [-0.2, -0.15) is 0 Å². The van der Waals surface area contributed by atoms with Gasteiger partial charge in [-0.25, -0.2) is 9.59 Å². The zero-order valence-corrected chi connectivity index (χ0v) is 22.1. The number of fused-ring (bicyclic) bond motifs is 1. The van der Waals surface area contributed by atoms with Crippen LogP contribution in [-0.2, 0) is 22.6 Å². The fourth-order valence-corrected chi connectivity index (χ4v) is 4.67. The van der Waals surface area contributed by atoms with E-state index in [-0.39, 0.29) is 43.9 Å². The number of amides is 1. The largest absolute Gasteiger partial charge is 0.445 e. The Kier molecular flexibility index (Phi) is 8.54. The number of hydrogen-bond donors (Lipinski definition) is 2. The van der Waals surface area contributed by atoms with Gasteiger partial charge in [-0.15, -0.1) is 0 Å². The highest BCUT2D eigenvalue weighted by Crippen LogP contribution is 2.48. The van der Waals surface area contributed by atoms with E-state index in [1.807, 2.05) is 54.6 Å². The number of halogens is 5. The predicted molar refractivity (Wildman–Crippen MR) is 143 cm³/mol. The van der Waals surface area contributed by atoms with E-state index in [0.717, 1.165) is 22.0 Å². The molecule has 0 unspecified atom stereocenters. The van der Waals surface area contributed by atoms with Crippen LogP contribution in [-0.4, -0.2) is 23.1 Å². The molecule has 0 aliphatic carbocycles. The Balaban J connectivity index is 1.58. The Morgan fingerprint density at radius 2 is 1.44 bits per heavy atom. The van der Waals surface area contributed by atoms with Crippen molar-refractivity contribution in [3.8, 4) is 5.75 Å². The molecule has 1 amide bonds. The summed E-state index contributed by atoms with van der Waals surface area (Å²) in [5, 5.41) is 2.73. The third kappa shape index (κ3) is 5.85. The summed E-state index contributed by atoms with van der Waals surface area (Å²) >= 11 is 30.6.